The van der Waals surface area contributed by atoms with Gasteiger partial charge in [-0.2, -0.15) is 5.26 Å². The molecule has 0 amide bonds. The maximum Gasteiger partial charge on any atom is 0.161 e. The lowest BCUT2D eigenvalue weighted by Gasteiger charge is -2.11. The predicted molar refractivity (Wildman–Crippen MR) is 82.5 cm³/mol. The van der Waals surface area contributed by atoms with Crippen molar-refractivity contribution in [1.29, 1.82) is 5.26 Å². The number of nitrogens with zero attached hydrogens (tertiary/aromatic N) is 2. The van der Waals surface area contributed by atoms with Gasteiger partial charge in [-0.25, -0.2) is 0 Å². The molecule has 0 aromatic heterocycles. The second kappa shape index (κ2) is 6.63. The minimum atomic E-state index is 0.465. The van der Waals surface area contributed by atoms with E-state index in [0.29, 0.717) is 11.7 Å². The molecule has 1 unspecified atom stereocenters. The third kappa shape index (κ3) is 4.29. The van der Waals surface area contributed by atoms with Crippen LogP contribution in [0.15, 0.2) is 29.3 Å². The first-order valence-corrected chi connectivity index (χ1v) is 7.49. The fourth-order valence-corrected chi connectivity index (χ4v) is 3.33. The quantitative estimate of drug-likeness (QED) is 0.910. The maximum absolute atomic E-state index is 8.63. The van der Waals surface area contributed by atoms with Crippen LogP contribution in [0.4, 0.5) is 5.69 Å². The highest BCUT2D eigenvalue weighted by Crippen LogP contribution is 2.27. The molecule has 0 saturated heterocycles. The minimum absolute atomic E-state index is 0.465. The van der Waals surface area contributed by atoms with Gasteiger partial charge in [0.25, 0.3) is 0 Å². The Morgan fingerprint density at radius 2 is 2.16 bits per heavy atom. The first kappa shape index (κ1) is 14.0. The molecule has 3 nitrogen and oxygen atoms in total. The van der Waals surface area contributed by atoms with Gasteiger partial charge in [-0.15, -0.1) is 0 Å². The van der Waals surface area contributed by atoms with Gasteiger partial charge in [0.2, 0.25) is 0 Å². The summed E-state index contributed by atoms with van der Waals surface area (Å²) in [4.78, 5) is 4.54. The Kier molecular flexibility index (Phi) is 4.86. The predicted octanol–water partition coefficient (Wildman–Crippen LogP) is 3.68. The van der Waals surface area contributed by atoms with Crippen molar-refractivity contribution >= 4 is 22.6 Å². The van der Waals surface area contributed by atoms with Gasteiger partial charge in [-0.3, -0.25) is 4.99 Å². The molecule has 1 aromatic rings. The fraction of sp³-hybridized carbons (Fsp3) is 0.467. The van der Waals surface area contributed by atoms with Crippen molar-refractivity contribution in [2.45, 2.75) is 31.9 Å². The number of amidine groups is 1. The van der Waals surface area contributed by atoms with Crippen molar-refractivity contribution in [1.82, 2.24) is 0 Å². The van der Waals surface area contributed by atoms with Crippen LogP contribution in [0.1, 0.15) is 25.8 Å². The fourth-order valence-electron chi connectivity index (χ4n) is 2.06. The van der Waals surface area contributed by atoms with E-state index in [1.807, 2.05) is 36.0 Å². The molecule has 100 valence electrons. The Bertz CT molecular complexity index is 485. The van der Waals surface area contributed by atoms with E-state index in [1.54, 1.807) is 0 Å². The van der Waals surface area contributed by atoms with Crippen molar-refractivity contribution in [2.75, 3.05) is 11.9 Å². The number of thioether (sulfide) groups is 1. The van der Waals surface area contributed by atoms with Crippen LogP contribution < -0.4 is 5.32 Å². The van der Waals surface area contributed by atoms with Gasteiger partial charge in [0.1, 0.15) is 0 Å². The average molecular weight is 273 g/mol. The van der Waals surface area contributed by atoms with Gasteiger partial charge < -0.3 is 5.32 Å². The van der Waals surface area contributed by atoms with E-state index < -0.39 is 0 Å². The van der Waals surface area contributed by atoms with Crippen molar-refractivity contribution in [2.24, 2.45) is 10.9 Å². The number of aliphatic imine (C=N–C) groups is 1. The highest BCUT2D eigenvalue weighted by Gasteiger charge is 2.20. The first-order chi connectivity index (χ1) is 9.17. The van der Waals surface area contributed by atoms with E-state index in [2.05, 4.69) is 30.2 Å². The van der Waals surface area contributed by atoms with Crippen LogP contribution in [0.2, 0.25) is 0 Å². The number of rotatable bonds is 4. The topological polar surface area (TPSA) is 48.2 Å². The zero-order valence-electron chi connectivity index (χ0n) is 11.4. The molecular weight excluding hydrogens is 254 g/mol. The molecule has 4 heteroatoms. The van der Waals surface area contributed by atoms with E-state index in [-0.39, 0.29) is 0 Å². The molecule has 1 atom stereocenters. The van der Waals surface area contributed by atoms with Crippen LogP contribution in [0.5, 0.6) is 0 Å². The molecular formula is C15H19N3S. The molecule has 1 N–H and O–H groups in total. The number of anilines is 1. The lowest BCUT2D eigenvalue weighted by atomic mass is 10.1. The molecule has 1 aliphatic rings. The van der Waals surface area contributed by atoms with Crippen LogP contribution in [0.3, 0.4) is 0 Å². The monoisotopic (exact) mass is 273 g/mol. The smallest absolute Gasteiger partial charge is 0.161 e. The summed E-state index contributed by atoms with van der Waals surface area (Å²) >= 11 is 1.83. The molecule has 1 aromatic carbocycles. The number of nitrogens with one attached hydrogen (secondary N) is 1. The minimum Gasteiger partial charge on any atom is -0.335 e. The molecule has 0 saturated carbocycles. The van der Waals surface area contributed by atoms with Crippen LogP contribution >= 0.6 is 11.8 Å². The van der Waals surface area contributed by atoms with Crippen LogP contribution in [-0.4, -0.2) is 17.0 Å². The second-order valence-corrected chi connectivity index (χ2v) is 6.46. The van der Waals surface area contributed by atoms with E-state index in [1.165, 1.54) is 6.42 Å². The first-order valence-electron chi connectivity index (χ1n) is 6.61. The summed E-state index contributed by atoms with van der Waals surface area (Å²) in [6.07, 6.45) is 1.67. The Morgan fingerprint density at radius 1 is 1.42 bits per heavy atom. The summed E-state index contributed by atoms with van der Waals surface area (Å²) in [5, 5.41) is 13.6. The molecule has 0 spiro atoms. The average Bonchev–Trinajstić information content (AvgIpc) is 2.78. The van der Waals surface area contributed by atoms with E-state index in [0.717, 1.165) is 28.9 Å². The number of benzene rings is 1. The summed E-state index contributed by atoms with van der Waals surface area (Å²) < 4.78 is 0. The number of hydrogen-bond donors (Lipinski definition) is 1. The van der Waals surface area contributed by atoms with Gasteiger partial charge in [0, 0.05) is 10.9 Å². The second-order valence-electron chi connectivity index (χ2n) is 5.17. The number of hydrogen-bond acceptors (Lipinski definition) is 4. The third-order valence-corrected chi connectivity index (χ3v) is 4.07. The van der Waals surface area contributed by atoms with E-state index in [9.17, 15) is 0 Å². The van der Waals surface area contributed by atoms with Crippen molar-refractivity contribution < 1.29 is 0 Å². The summed E-state index contributed by atoms with van der Waals surface area (Å²) in [7, 11) is 0. The Labute approximate surface area is 119 Å². The summed E-state index contributed by atoms with van der Waals surface area (Å²) in [6.45, 7) is 5.41. The summed E-state index contributed by atoms with van der Waals surface area (Å²) in [6, 6.07) is 10.1. The van der Waals surface area contributed by atoms with Gasteiger partial charge in [-0.1, -0.05) is 37.7 Å². The molecule has 0 bridgehead atoms. The normalized spacial score (nSPS) is 18.2. The largest absolute Gasteiger partial charge is 0.335 e. The molecule has 0 fully saturated rings. The van der Waals surface area contributed by atoms with Crippen LogP contribution in [0.25, 0.3) is 0 Å². The van der Waals surface area contributed by atoms with Gasteiger partial charge in [-0.05, 0) is 30.0 Å². The Balaban J connectivity index is 1.87. The maximum atomic E-state index is 8.63. The SMILES string of the molecule is CC(C)CC1CN=C(Nc2ccc(CC#N)cc2)S1. The number of nitriles is 1. The molecule has 1 aliphatic heterocycles. The molecule has 1 heterocycles. The molecule has 19 heavy (non-hydrogen) atoms. The van der Waals surface area contributed by atoms with Gasteiger partial charge >= 0.3 is 0 Å². The molecule has 2 rings (SSSR count). The van der Waals surface area contributed by atoms with E-state index >= 15 is 0 Å². The third-order valence-electron chi connectivity index (χ3n) is 2.94. The Hall–Kier alpha value is -1.47. The highest BCUT2D eigenvalue weighted by molar-refractivity contribution is 8.15. The van der Waals surface area contributed by atoms with Gasteiger partial charge in [0.15, 0.2) is 5.17 Å². The van der Waals surface area contributed by atoms with Crippen LogP contribution in [-0.2, 0) is 6.42 Å². The van der Waals surface area contributed by atoms with E-state index in [4.69, 9.17) is 5.26 Å². The zero-order valence-corrected chi connectivity index (χ0v) is 12.2. The lowest BCUT2D eigenvalue weighted by molar-refractivity contribution is 0.575. The zero-order chi connectivity index (χ0) is 13.7. The summed E-state index contributed by atoms with van der Waals surface area (Å²) in [5.74, 6) is 0.720. The lowest BCUT2D eigenvalue weighted by Crippen LogP contribution is -2.09. The summed E-state index contributed by atoms with van der Waals surface area (Å²) in [5.41, 5.74) is 2.09. The van der Waals surface area contributed by atoms with Crippen molar-refractivity contribution in [3.05, 3.63) is 29.8 Å². The Morgan fingerprint density at radius 3 is 2.79 bits per heavy atom. The molecule has 0 aliphatic carbocycles. The van der Waals surface area contributed by atoms with Crippen LogP contribution in [0, 0.1) is 17.2 Å². The highest BCUT2D eigenvalue weighted by atomic mass is 32.2. The van der Waals surface area contributed by atoms with Crippen molar-refractivity contribution in [3.63, 3.8) is 0 Å². The van der Waals surface area contributed by atoms with Crippen molar-refractivity contribution in [3.8, 4) is 6.07 Å². The van der Waals surface area contributed by atoms with Gasteiger partial charge in [0.05, 0.1) is 19.0 Å². The standard InChI is InChI=1S/C15H19N3S/c1-11(2)9-14-10-17-15(19-14)18-13-5-3-12(4-6-13)7-8-16/h3-6,11,14H,7,9-10H2,1-2H3,(H,17,18). The molecule has 0 radical (unpaired) electrons.